The average molecular weight is 529 g/mol. The SMILES string of the molecule is CCNC(=NCc1cccc(OC(C)C)c1)NC1CCN(c2cccs2)CC1.I. The summed E-state index contributed by atoms with van der Waals surface area (Å²) >= 11 is 1.82. The van der Waals surface area contributed by atoms with Crippen LogP contribution in [-0.4, -0.2) is 37.7 Å². The minimum Gasteiger partial charge on any atom is -0.491 e. The second kappa shape index (κ2) is 12.3. The standard InChI is InChI=1S/C22H32N4OS.HI/c1-4-23-22(24-16-18-7-5-8-20(15-18)27-17(2)3)25-19-10-12-26(13-11-19)21-9-6-14-28-21;/h5-9,14-15,17,19H,4,10-13,16H2,1-3H3,(H2,23,24,25);1H. The zero-order chi connectivity index (χ0) is 19.8. The van der Waals surface area contributed by atoms with Crippen molar-refractivity contribution in [3.8, 4) is 5.75 Å². The minimum atomic E-state index is 0. The van der Waals surface area contributed by atoms with Gasteiger partial charge in [-0.05, 0) is 68.8 Å². The van der Waals surface area contributed by atoms with Crippen molar-refractivity contribution in [2.24, 2.45) is 4.99 Å². The zero-order valence-electron chi connectivity index (χ0n) is 17.6. The number of nitrogens with one attached hydrogen (secondary N) is 2. The third-order valence-corrected chi connectivity index (χ3v) is 5.62. The molecule has 1 aromatic carbocycles. The predicted octanol–water partition coefficient (Wildman–Crippen LogP) is 4.88. The lowest BCUT2D eigenvalue weighted by atomic mass is 10.1. The third kappa shape index (κ3) is 7.70. The number of piperidine rings is 1. The topological polar surface area (TPSA) is 48.9 Å². The van der Waals surface area contributed by atoms with Crippen molar-refractivity contribution >= 4 is 46.3 Å². The molecule has 1 aliphatic rings. The summed E-state index contributed by atoms with van der Waals surface area (Å²) in [6, 6.07) is 13.0. The van der Waals surface area contributed by atoms with Gasteiger partial charge >= 0.3 is 0 Å². The number of hydrogen-bond donors (Lipinski definition) is 2. The predicted molar refractivity (Wildman–Crippen MR) is 135 cm³/mol. The van der Waals surface area contributed by atoms with Crippen LogP contribution in [0.1, 0.15) is 39.2 Å². The quantitative estimate of drug-likeness (QED) is 0.306. The van der Waals surface area contributed by atoms with E-state index < -0.39 is 0 Å². The Kier molecular flexibility index (Phi) is 10.1. The van der Waals surface area contributed by atoms with Crippen molar-refractivity contribution in [3.63, 3.8) is 0 Å². The van der Waals surface area contributed by atoms with Crippen molar-refractivity contribution in [3.05, 3.63) is 47.3 Å². The van der Waals surface area contributed by atoms with Gasteiger partial charge in [0.2, 0.25) is 0 Å². The van der Waals surface area contributed by atoms with Crippen LogP contribution in [0.3, 0.4) is 0 Å². The maximum absolute atomic E-state index is 5.79. The first-order valence-electron chi connectivity index (χ1n) is 10.2. The van der Waals surface area contributed by atoms with Gasteiger partial charge in [-0.2, -0.15) is 0 Å². The second-order valence-electron chi connectivity index (χ2n) is 7.37. The van der Waals surface area contributed by atoms with Crippen LogP contribution < -0.4 is 20.3 Å². The Bertz CT molecular complexity index is 743. The number of thiophene rings is 1. The van der Waals surface area contributed by atoms with Crippen LogP contribution in [0.5, 0.6) is 5.75 Å². The smallest absolute Gasteiger partial charge is 0.191 e. The van der Waals surface area contributed by atoms with Gasteiger partial charge < -0.3 is 20.3 Å². The molecule has 0 spiro atoms. The largest absolute Gasteiger partial charge is 0.491 e. The first kappa shape index (κ1) is 23.8. The van der Waals surface area contributed by atoms with Gasteiger partial charge in [0.05, 0.1) is 17.6 Å². The molecule has 0 atom stereocenters. The highest BCUT2D eigenvalue weighted by Crippen LogP contribution is 2.24. The first-order valence-corrected chi connectivity index (χ1v) is 11.1. The molecular formula is C22H33IN4OS. The summed E-state index contributed by atoms with van der Waals surface area (Å²) in [5.41, 5.74) is 1.16. The van der Waals surface area contributed by atoms with Gasteiger partial charge in [-0.3, -0.25) is 0 Å². The fraction of sp³-hybridized carbons (Fsp3) is 0.500. The molecule has 2 heterocycles. The number of rotatable bonds is 7. The lowest BCUT2D eigenvalue weighted by Gasteiger charge is -2.33. The summed E-state index contributed by atoms with van der Waals surface area (Å²) in [7, 11) is 0. The molecule has 1 aromatic heterocycles. The number of guanidine groups is 1. The van der Waals surface area contributed by atoms with Gasteiger partial charge in [-0.1, -0.05) is 12.1 Å². The van der Waals surface area contributed by atoms with Crippen molar-refractivity contribution in [2.75, 3.05) is 24.5 Å². The average Bonchev–Trinajstić information content (AvgIpc) is 3.21. The van der Waals surface area contributed by atoms with Gasteiger partial charge in [0.25, 0.3) is 0 Å². The Hall–Kier alpha value is -1.48. The Balaban J connectivity index is 0.00000300. The number of nitrogens with zero attached hydrogens (tertiary/aromatic N) is 2. The van der Waals surface area contributed by atoms with E-state index in [0.717, 1.165) is 49.7 Å². The zero-order valence-corrected chi connectivity index (χ0v) is 20.7. The minimum absolute atomic E-state index is 0. The molecule has 0 amide bonds. The van der Waals surface area contributed by atoms with Crippen LogP contribution in [0.15, 0.2) is 46.8 Å². The Morgan fingerprint density at radius 1 is 1.24 bits per heavy atom. The number of aliphatic imine (C=N–C) groups is 1. The third-order valence-electron chi connectivity index (χ3n) is 4.69. The number of anilines is 1. The Morgan fingerprint density at radius 2 is 2.03 bits per heavy atom. The lowest BCUT2D eigenvalue weighted by molar-refractivity contribution is 0.242. The first-order chi connectivity index (χ1) is 13.6. The molecule has 160 valence electrons. The van der Waals surface area contributed by atoms with E-state index in [1.165, 1.54) is 5.00 Å². The molecule has 0 aliphatic carbocycles. The van der Waals surface area contributed by atoms with E-state index in [0.29, 0.717) is 12.6 Å². The maximum atomic E-state index is 5.79. The summed E-state index contributed by atoms with van der Waals surface area (Å²) < 4.78 is 5.79. The summed E-state index contributed by atoms with van der Waals surface area (Å²) in [5, 5.41) is 10.5. The summed E-state index contributed by atoms with van der Waals surface area (Å²) in [6.45, 7) is 9.87. The molecule has 1 saturated heterocycles. The monoisotopic (exact) mass is 528 g/mol. The number of ether oxygens (including phenoxy) is 1. The molecule has 0 unspecified atom stereocenters. The highest BCUT2D eigenvalue weighted by Gasteiger charge is 2.20. The van der Waals surface area contributed by atoms with E-state index in [9.17, 15) is 0 Å². The molecule has 7 heteroatoms. The van der Waals surface area contributed by atoms with Crippen LogP contribution in [0, 0.1) is 0 Å². The Morgan fingerprint density at radius 3 is 2.69 bits per heavy atom. The molecule has 3 rings (SSSR count). The molecule has 5 nitrogen and oxygen atoms in total. The summed E-state index contributed by atoms with van der Waals surface area (Å²) in [4.78, 5) is 7.27. The maximum Gasteiger partial charge on any atom is 0.191 e. The van der Waals surface area contributed by atoms with Crippen LogP contribution in [0.25, 0.3) is 0 Å². The second-order valence-corrected chi connectivity index (χ2v) is 8.29. The van der Waals surface area contributed by atoms with E-state index >= 15 is 0 Å². The molecule has 2 aromatic rings. The van der Waals surface area contributed by atoms with E-state index in [1.807, 2.05) is 37.3 Å². The van der Waals surface area contributed by atoms with E-state index in [4.69, 9.17) is 9.73 Å². The summed E-state index contributed by atoms with van der Waals surface area (Å²) in [6.07, 6.45) is 2.43. The molecule has 0 bridgehead atoms. The van der Waals surface area contributed by atoms with E-state index in [1.54, 1.807) is 0 Å². The molecule has 29 heavy (non-hydrogen) atoms. The van der Waals surface area contributed by atoms with Gasteiger partial charge in [0, 0.05) is 25.7 Å². The Labute approximate surface area is 196 Å². The van der Waals surface area contributed by atoms with E-state index in [2.05, 4.69) is 52.1 Å². The molecule has 1 aliphatic heterocycles. The molecule has 2 N–H and O–H groups in total. The van der Waals surface area contributed by atoms with Gasteiger partial charge in [-0.15, -0.1) is 35.3 Å². The van der Waals surface area contributed by atoms with Gasteiger partial charge in [0.15, 0.2) is 5.96 Å². The van der Waals surface area contributed by atoms with Crippen LogP contribution in [0.2, 0.25) is 0 Å². The van der Waals surface area contributed by atoms with Crippen molar-refractivity contribution in [1.29, 1.82) is 0 Å². The van der Waals surface area contributed by atoms with Crippen molar-refractivity contribution in [1.82, 2.24) is 10.6 Å². The summed E-state index contributed by atoms with van der Waals surface area (Å²) in [5.74, 6) is 1.80. The normalized spacial score (nSPS) is 15.2. The lowest BCUT2D eigenvalue weighted by Crippen LogP contribution is -2.48. The number of halogens is 1. The van der Waals surface area contributed by atoms with Crippen LogP contribution in [0.4, 0.5) is 5.00 Å². The molecule has 1 fully saturated rings. The van der Waals surface area contributed by atoms with E-state index in [-0.39, 0.29) is 30.1 Å². The van der Waals surface area contributed by atoms with Crippen molar-refractivity contribution in [2.45, 2.75) is 52.3 Å². The number of hydrogen-bond acceptors (Lipinski definition) is 4. The fourth-order valence-corrected chi connectivity index (χ4v) is 4.15. The molecular weight excluding hydrogens is 495 g/mol. The van der Waals surface area contributed by atoms with Gasteiger partial charge in [0.1, 0.15) is 5.75 Å². The highest BCUT2D eigenvalue weighted by molar-refractivity contribution is 14.0. The number of benzene rings is 1. The molecule has 0 saturated carbocycles. The van der Waals surface area contributed by atoms with Crippen LogP contribution >= 0.6 is 35.3 Å². The van der Waals surface area contributed by atoms with Crippen molar-refractivity contribution < 1.29 is 4.74 Å². The fourth-order valence-electron chi connectivity index (χ4n) is 3.37. The highest BCUT2D eigenvalue weighted by atomic mass is 127. The van der Waals surface area contributed by atoms with Crippen LogP contribution in [-0.2, 0) is 6.54 Å². The molecule has 0 radical (unpaired) electrons. The van der Waals surface area contributed by atoms with Gasteiger partial charge in [-0.25, -0.2) is 4.99 Å².